The van der Waals surface area contributed by atoms with Crippen molar-refractivity contribution in [2.75, 3.05) is 0 Å². The van der Waals surface area contributed by atoms with E-state index in [1.54, 1.807) is 0 Å². The zero-order chi connectivity index (χ0) is 17.3. The molecule has 126 valence electrons. The molecule has 1 heterocycles. The first-order valence-electron chi connectivity index (χ1n) is 8.22. The summed E-state index contributed by atoms with van der Waals surface area (Å²) in [4.78, 5) is 12.6. The number of nitrogens with one attached hydrogen (secondary N) is 1. The standard InChI is InChI=1S/C20H23NO3/c1-12-9-13(2)16(14(3)10-12)11-21-20(22)19-15(4)23-17-7-5-6-8-18(17)24-19/h5-10,15,19H,11H2,1-4H3,(H,21,22)/t15-,19+/m0/s1. The maximum Gasteiger partial charge on any atom is 0.265 e. The van der Waals surface area contributed by atoms with Crippen molar-refractivity contribution in [2.45, 2.75) is 46.4 Å². The third-order valence-corrected chi connectivity index (χ3v) is 4.38. The van der Waals surface area contributed by atoms with Crippen LogP contribution in [0, 0.1) is 20.8 Å². The minimum Gasteiger partial charge on any atom is -0.482 e. The van der Waals surface area contributed by atoms with E-state index < -0.39 is 6.10 Å². The minimum absolute atomic E-state index is 0.156. The van der Waals surface area contributed by atoms with Gasteiger partial charge in [-0.25, -0.2) is 0 Å². The lowest BCUT2D eigenvalue weighted by Gasteiger charge is -2.31. The Balaban J connectivity index is 1.70. The summed E-state index contributed by atoms with van der Waals surface area (Å²) in [6, 6.07) is 11.7. The van der Waals surface area contributed by atoms with Gasteiger partial charge >= 0.3 is 0 Å². The highest BCUT2D eigenvalue weighted by atomic mass is 16.6. The van der Waals surface area contributed by atoms with Gasteiger partial charge in [-0.2, -0.15) is 0 Å². The molecule has 0 saturated heterocycles. The van der Waals surface area contributed by atoms with Crippen LogP contribution in [0.15, 0.2) is 36.4 Å². The molecule has 0 spiro atoms. The van der Waals surface area contributed by atoms with Crippen LogP contribution in [0.25, 0.3) is 0 Å². The third kappa shape index (κ3) is 3.23. The second-order valence-electron chi connectivity index (χ2n) is 6.40. The molecule has 0 unspecified atom stereocenters. The van der Waals surface area contributed by atoms with E-state index in [0.29, 0.717) is 18.0 Å². The van der Waals surface area contributed by atoms with E-state index in [4.69, 9.17) is 9.47 Å². The highest BCUT2D eigenvalue weighted by molar-refractivity contribution is 5.82. The highest BCUT2D eigenvalue weighted by Crippen LogP contribution is 2.33. The number of carbonyl (C=O) groups excluding carboxylic acids is 1. The number of ether oxygens (including phenoxy) is 2. The van der Waals surface area contributed by atoms with Crippen LogP contribution in [0.4, 0.5) is 0 Å². The quantitative estimate of drug-likeness (QED) is 0.940. The predicted molar refractivity (Wildman–Crippen MR) is 93.4 cm³/mol. The first kappa shape index (κ1) is 16.4. The summed E-state index contributed by atoms with van der Waals surface area (Å²) >= 11 is 0. The number of para-hydroxylation sites is 2. The summed E-state index contributed by atoms with van der Waals surface area (Å²) < 4.78 is 11.6. The average molecular weight is 325 g/mol. The van der Waals surface area contributed by atoms with E-state index >= 15 is 0 Å². The van der Waals surface area contributed by atoms with Crippen LogP contribution in [0.2, 0.25) is 0 Å². The monoisotopic (exact) mass is 325 g/mol. The summed E-state index contributed by atoms with van der Waals surface area (Å²) in [7, 11) is 0. The van der Waals surface area contributed by atoms with Gasteiger partial charge in [0.2, 0.25) is 6.10 Å². The summed E-state index contributed by atoms with van der Waals surface area (Å²) in [5.74, 6) is 1.13. The molecule has 0 saturated carbocycles. The van der Waals surface area contributed by atoms with Crippen LogP contribution >= 0.6 is 0 Å². The topological polar surface area (TPSA) is 47.6 Å². The van der Waals surface area contributed by atoms with Gasteiger partial charge < -0.3 is 14.8 Å². The number of hydrogen-bond acceptors (Lipinski definition) is 3. The van der Waals surface area contributed by atoms with E-state index in [0.717, 1.165) is 5.56 Å². The molecule has 1 N–H and O–H groups in total. The van der Waals surface area contributed by atoms with E-state index in [2.05, 4.69) is 38.2 Å². The fourth-order valence-electron chi connectivity index (χ4n) is 3.17. The van der Waals surface area contributed by atoms with Crippen LogP contribution < -0.4 is 14.8 Å². The van der Waals surface area contributed by atoms with Crippen molar-refractivity contribution < 1.29 is 14.3 Å². The minimum atomic E-state index is -0.647. The Bertz CT molecular complexity index is 746. The van der Waals surface area contributed by atoms with Gasteiger partial charge in [0, 0.05) is 6.54 Å². The molecule has 2 aromatic carbocycles. The number of amides is 1. The van der Waals surface area contributed by atoms with Gasteiger partial charge in [0.05, 0.1) is 0 Å². The van der Waals surface area contributed by atoms with Gasteiger partial charge in [-0.1, -0.05) is 29.8 Å². The summed E-state index contributed by atoms with van der Waals surface area (Å²) in [6.45, 7) is 8.56. The van der Waals surface area contributed by atoms with Crippen LogP contribution in [0.1, 0.15) is 29.2 Å². The molecule has 2 aromatic rings. The van der Waals surface area contributed by atoms with Crippen LogP contribution in [-0.2, 0) is 11.3 Å². The summed E-state index contributed by atoms with van der Waals surface area (Å²) in [6.07, 6.45) is -0.980. The highest BCUT2D eigenvalue weighted by Gasteiger charge is 2.33. The normalized spacial score (nSPS) is 19.0. The molecule has 4 heteroatoms. The van der Waals surface area contributed by atoms with Crippen molar-refractivity contribution in [3.05, 3.63) is 58.7 Å². The maximum absolute atomic E-state index is 12.6. The van der Waals surface area contributed by atoms with Crippen molar-refractivity contribution in [1.29, 1.82) is 0 Å². The Morgan fingerprint density at radius 2 is 1.62 bits per heavy atom. The second kappa shape index (κ2) is 6.56. The number of fused-ring (bicyclic) bond motifs is 1. The van der Waals surface area contributed by atoms with E-state index in [1.165, 1.54) is 16.7 Å². The molecule has 0 aliphatic carbocycles. The Hall–Kier alpha value is -2.49. The van der Waals surface area contributed by atoms with Crippen molar-refractivity contribution in [3.63, 3.8) is 0 Å². The number of hydrogen-bond donors (Lipinski definition) is 1. The molecular formula is C20H23NO3. The number of benzene rings is 2. The summed E-state index contributed by atoms with van der Waals surface area (Å²) in [5.41, 5.74) is 4.76. The lowest BCUT2D eigenvalue weighted by Crippen LogP contribution is -2.48. The van der Waals surface area contributed by atoms with Crippen LogP contribution in [0.5, 0.6) is 11.5 Å². The lowest BCUT2D eigenvalue weighted by atomic mass is 10.00. The largest absolute Gasteiger partial charge is 0.482 e. The van der Waals surface area contributed by atoms with Gasteiger partial charge in [-0.15, -0.1) is 0 Å². The SMILES string of the molecule is Cc1cc(C)c(CNC(=O)[C@@H]2Oc3ccccc3O[C@H]2C)c(C)c1. The van der Waals surface area contributed by atoms with Gasteiger partial charge in [0.15, 0.2) is 11.5 Å². The number of rotatable bonds is 3. The molecule has 0 radical (unpaired) electrons. The van der Waals surface area contributed by atoms with Gasteiger partial charge in [-0.05, 0) is 56.5 Å². The predicted octanol–water partition coefficient (Wildman–Crippen LogP) is 3.46. The Morgan fingerprint density at radius 1 is 1.04 bits per heavy atom. The number of carbonyl (C=O) groups is 1. The number of aryl methyl sites for hydroxylation is 3. The second-order valence-corrected chi connectivity index (χ2v) is 6.40. The van der Waals surface area contributed by atoms with Crippen molar-refractivity contribution >= 4 is 5.91 Å². The lowest BCUT2D eigenvalue weighted by molar-refractivity contribution is -0.133. The summed E-state index contributed by atoms with van der Waals surface area (Å²) in [5, 5.41) is 2.99. The molecular weight excluding hydrogens is 302 g/mol. The molecule has 4 nitrogen and oxygen atoms in total. The van der Waals surface area contributed by atoms with Crippen molar-refractivity contribution in [2.24, 2.45) is 0 Å². The Kier molecular flexibility index (Phi) is 4.47. The molecule has 3 rings (SSSR count). The van der Waals surface area contributed by atoms with Crippen molar-refractivity contribution in [3.8, 4) is 11.5 Å². The molecule has 2 atom stereocenters. The van der Waals surface area contributed by atoms with Gasteiger partial charge in [-0.3, -0.25) is 4.79 Å². The first-order chi connectivity index (χ1) is 11.5. The molecule has 0 aromatic heterocycles. The third-order valence-electron chi connectivity index (χ3n) is 4.38. The Labute approximate surface area is 142 Å². The molecule has 1 amide bonds. The van der Waals surface area contributed by atoms with E-state index in [-0.39, 0.29) is 12.0 Å². The first-order valence-corrected chi connectivity index (χ1v) is 8.22. The zero-order valence-corrected chi connectivity index (χ0v) is 14.6. The van der Waals surface area contributed by atoms with Crippen LogP contribution in [0.3, 0.4) is 0 Å². The molecule has 24 heavy (non-hydrogen) atoms. The van der Waals surface area contributed by atoms with Crippen molar-refractivity contribution in [1.82, 2.24) is 5.32 Å². The van der Waals surface area contributed by atoms with Crippen LogP contribution in [-0.4, -0.2) is 18.1 Å². The van der Waals surface area contributed by atoms with Gasteiger partial charge in [0.25, 0.3) is 5.91 Å². The fourth-order valence-corrected chi connectivity index (χ4v) is 3.17. The molecule has 1 aliphatic heterocycles. The molecule has 0 bridgehead atoms. The molecule has 1 aliphatic rings. The zero-order valence-electron chi connectivity index (χ0n) is 14.6. The maximum atomic E-state index is 12.6. The van der Waals surface area contributed by atoms with E-state index in [9.17, 15) is 4.79 Å². The molecule has 0 fully saturated rings. The smallest absolute Gasteiger partial charge is 0.265 e. The van der Waals surface area contributed by atoms with Gasteiger partial charge in [0.1, 0.15) is 6.10 Å². The van der Waals surface area contributed by atoms with E-state index in [1.807, 2.05) is 31.2 Å². The Morgan fingerprint density at radius 3 is 2.25 bits per heavy atom. The fraction of sp³-hybridized carbons (Fsp3) is 0.350. The average Bonchev–Trinajstić information content (AvgIpc) is 2.53.